The summed E-state index contributed by atoms with van der Waals surface area (Å²) in [7, 11) is 0. The van der Waals surface area contributed by atoms with Crippen LogP contribution in [0.2, 0.25) is 0 Å². The molecule has 4 N–H and O–H groups in total. The molecule has 0 aromatic heterocycles. The van der Waals surface area contributed by atoms with Crippen molar-refractivity contribution in [1.29, 1.82) is 0 Å². The lowest BCUT2D eigenvalue weighted by atomic mass is 10.1. The van der Waals surface area contributed by atoms with E-state index in [1.54, 1.807) is 12.1 Å². The van der Waals surface area contributed by atoms with Crippen molar-refractivity contribution in [3.8, 4) is 5.75 Å². The van der Waals surface area contributed by atoms with E-state index in [1.807, 2.05) is 0 Å². The number of amides is 1. The summed E-state index contributed by atoms with van der Waals surface area (Å²) in [6.07, 6.45) is 0. The van der Waals surface area contributed by atoms with Gasteiger partial charge in [-0.1, -0.05) is 0 Å². The Hall–Kier alpha value is -2.56. The van der Waals surface area contributed by atoms with Crippen LogP contribution in [0.1, 0.15) is 10.4 Å². The highest BCUT2D eigenvalue weighted by Gasteiger charge is 2.10. The number of carbonyl (C=O) groups excluding carboxylic acids is 1. The monoisotopic (exact) mass is 246 g/mol. The molecule has 2 aromatic rings. The highest BCUT2D eigenvalue weighted by Crippen LogP contribution is 2.17. The fourth-order valence-corrected chi connectivity index (χ4v) is 1.48. The summed E-state index contributed by atoms with van der Waals surface area (Å²) in [5, 5.41) is 11.7. The van der Waals surface area contributed by atoms with E-state index in [2.05, 4.69) is 5.32 Å². The Morgan fingerprint density at radius 2 is 1.83 bits per heavy atom. The SMILES string of the molecule is Nc1cc(F)ccc1C(=O)Nc1ccc(O)cc1. The second kappa shape index (κ2) is 4.75. The second-order valence-electron chi connectivity index (χ2n) is 3.73. The first-order valence-corrected chi connectivity index (χ1v) is 5.21. The second-order valence-corrected chi connectivity index (χ2v) is 3.73. The van der Waals surface area contributed by atoms with Gasteiger partial charge in [0.2, 0.25) is 0 Å². The Morgan fingerprint density at radius 3 is 2.44 bits per heavy atom. The molecule has 2 rings (SSSR count). The molecule has 0 heterocycles. The highest BCUT2D eigenvalue weighted by atomic mass is 19.1. The molecule has 5 heteroatoms. The number of aromatic hydroxyl groups is 1. The average molecular weight is 246 g/mol. The summed E-state index contributed by atoms with van der Waals surface area (Å²) in [5.74, 6) is -0.818. The van der Waals surface area contributed by atoms with Gasteiger partial charge in [-0.25, -0.2) is 4.39 Å². The van der Waals surface area contributed by atoms with Crippen LogP contribution in [0.25, 0.3) is 0 Å². The number of nitrogens with one attached hydrogen (secondary N) is 1. The quantitative estimate of drug-likeness (QED) is 0.562. The molecule has 0 fully saturated rings. The minimum absolute atomic E-state index is 0.0753. The molecule has 0 unspecified atom stereocenters. The van der Waals surface area contributed by atoms with Crippen LogP contribution in [-0.2, 0) is 0 Å². The zero-order valence-corrected chi connectivity index (χ0v) is 9.35. The third-order valence-corrected chi connectivity index (χ3v) is 2.38. The molecule has 0 saturated carbocycles. The number of halogens is 1. The molecular weight excluding hydrogens is 235 g/mol. The zero-order valence-electron chi connectivity index (χ0n) is 9.35. The van der Waals surface area contributed by atoms with Crippen LogP contribution in [0.4, 0.5) is 15.8 Å². The number of benzene rings is 2. The van der Waals surface area contributed by atoms with Gasteiger partial charge in [-0.05, 0) is 42.5 Å². The largest absolute Gasteiger partial charge is 0.508 e. The predicted molar refractivity (Wildman–Crippen MR) is 66.9 cm³/mol. The van der Waals surface area contributed by atoms with Gasteiger partial charge in [0.15, 0.2) is 0 Å². The Labute approximate surface area is 103 Å². The van der Waals surface area contributed by atoms with Gasteiger partial charge < -0.3 is 16.2 Å². The van der Waals surface area contributed by atoms with Crippen molar-refractivity contribution in [2.24, 2.45) is 0 Å². The number of hydrogen-bond donors (Lipinski definition) is 3. The Kier molecular flexibility index (Phi) is 3.14. The van der Waals surface area contributed by atoms with Gasteiger partial charge in [0, 0.05) is 11.4 Å². The minimum atomic E-state index is -0.492. The lowest BCUT2D eigenvalue weighted by Crippen LogP contribution is -2.14. The minimum Gasteiger partial charge on any atom is -0.508 e. The maximum atomic E-state index is 12.8. The maximum absolute atomic E-state index is 12.8. The molecule has 0 atom stereocenters. The third kappa shape index (κ3) is 2.57. The van der Waals surface area contributed by atoms with Crippen LogP contribution < -0.4 is 11.1 Å². The fraction of sp³-hybridized carbons (Fsp3) is 0. The normalized spacial score (nSPS) is 10.1. The number of carbonyl (C=O) groups is 1. The van der Waals surface area contributed by atoms with Crippen LogP contribution in [0.15, 0.2) is 42.5 Å². The standard InChI is InChI=1S/C13H11FN2O2/c14-8-1-6-11(12(15)7-8)13(18)16-9-2-4-10(17)5-3-9/h1-7,17H,15H2,(H,16,18). The molecule has 0 aliphatic carbocycles. The topological polar surface area (TPSA) is 75.4 Å². The van der Waals surface area contributed by atoms with Gasteiger partial charge in [-0.3, -0.25) is 4.79 Å². The molecule has 1 amide bonds. The summed E-state index contributed by atoms with van der Waals surface area (Å²) < 4.78 is 12.8. The number of anilines is 2. The van der Waals surface area contributed by atoms with Crippen molar-refractivity contribution in [2.45, 2.75) is 0 Å². The maximum Gasteiger partial charge on any atom is 0.257 e. The molecule has 92 valence electrons. The number of hydrogen-bond acceptors (Lipinski definition) is 3. The number of phenols is 1. The van der Waals surface area contributed by atoms with Crippen LogP contribution >= 0.6 is 0 Å². The van der Waals surface area contributed by atoms with Crippen molar-refractivity contribution < 1.29 is 14.3 Å². The Balaban J connectivity index is 2.19. The zero-order chi connectivity index (χ0) is 13.1. The van der Waals surface area contributed by atoms with Gasteiger partial charge in [-0.15, -0.1) is 0 Å². The number of nitrogens with two attached hydrogens (primary N) is 1. The van der Waals surface area contributed by atoms with E-state index in [0.717, 1.165) is 6.07 Å². The summed E-state index contributed by atoms with van der Waals surface area (Å²) in [6.45, 7) is 0. The van der Waals surface area contributed by atoms with E-state index in [4.69, 9.17) is 10.8 Å². The van der Waals surface area contributed by atoms with Crippen molar-refractivity contribution >= 4 is 17.3 Å². The molecule has 0 aliphatic heterocycles. The molecule has 2 aromatic carbocycles. The summed E-state index contributed by atoms with van der Waals surface area (Å²) >= 11 is 0. The van der Waals surface area contributed by atoms with Crippen molar-refractivity contribution in [3.05, 3.63) is 53.8 Å². The first-order valence-electron chi connectivity index (χ1n) is 5.21. The van der Waals surface area contributed by atoms with E-state index >= 15 is 0 Å². The Morgan fingerprint density at radius 1 is 1.17 bits per heavy atom. The molecule has 0 saturated heterocycles. The van der Waals surface area contributed by atoms with E-state index < -0.39 is 11.7 Å². The summed E-state index contributed by atoms with van der Waals surface area (Å²) in [4.78, 5) is 11.9. The predicted octanol–water partition coefficient (Wildman–Crippen LogP) is 2.37. The van der Waals surface area contributed by atoms with Crippen molar-refractivity contribution in [2.75, 3.05) is 11.1 Å². The van der Waals surface area contributed by atoms with E-state index in [-0.39, 0.29) is 17.0 Å². The smallest absolute Gasteiger partial charge is 0.257 e. The van der Waals surface area contributed by atoms with Gasteiger partial charge in [0.05, 0.1) is 5.56 Å². The first-order chi connectivity index (χ1) is 8.56. The number of nitrogen functional groups attached to an aromatic ring is 1. The molecule has 0 aliphatic rings. The van der Waals surface area contributed by atoms with Crippen LogP contribution in [0.5, 0.6) is 5.75 Å². The molecule has 18 heavy (non-hydrogen) atoms. The molecule has 0 spiro atoms. The van der Waals surface area contributed by atoms with Gasteiger partial charge in [0.1, 0.15) is 11.6 Å². The van der Waals surface area contributed by atoms with Gasteiger partial charge in [-0.2, -0.15) is 0 Å². The average Bonchev–Trinajstić information content (AvgIpc) is 2.32. The summed E-state index contributed by atoms with van der Waals surface area (Å²) in [5.41, 5.74) is 6.35. The van der Waals surface area contributed by atoms with Gasteiger partial charge >= 0.3 is 0 Å². The van der Waals surface area contributed by atoms with Crippen LogP contribution in [0.3, 0.4) is 0 Å². The van der Waals surface area contributed by atoms with E-state index in [0.29, 0.717) is 5.69 Å². The van der Waals surface area contributed by atoms with Gasteiger partial charge in [0.25, 0.3) is 5.91 Å². The number of phenolic OH excluding ortho intramolecular Hbond substituents is 1. The third-order valence-electron chi connectivity index (χ3n) is 2.38. The molecule has 0 radical (unpaired) electrons. The molecular formula is C13H11FN2O2. The lowest BCUT2D eigenvalue weighted by Gasteiger charge is -2.07. The first kappa shape index (κ1) is 11.9. The molecule has 0 bridgehead atoms. The van der Waals surface area contributed by atoms with E-state index in [1.165, 1.54) is 24.3 Å². The lowest BCUT2D eigenvalue weighted by molar-refractivity contribution is 0.102. The van der Waals surface area contributed by atoms with E-state index in [9.17, 15) is 9.18 Å². The van der Waals surface area contributed by atoms with Crippen molar-refractivity contribution in [1.82, 2.24) is 0 Å². The number of rotatable bonds is 2. The van der Waals surface area contributed by atoms with Crippen LogP contribution in [-0.4, -0.2) is 11.0 Å². The molecule has 4 nitrogen and oxygen atoms in total. The highest BCUT2D eigenvalue weighted by molar-refractivity contribution is 6.07. The van der Waals surface area contributed by atoms with Crippen molar-refractivity contribution in [3.63, 3.8) is 0 Å². The Bertz CT molecular complexity index is 582. The summed E-state index contributed by atoms with van der Waals surface area (Å²) in [6, 6.07) is 9.57. The van der Waals surface area contributed by atoms with Crippen LogP contribution in [0, 0.1) is 5.82 Å². The fourth-order valence-electron chi connectivity index (χ4n) is 1.48.